The van der Waals surface area contributed by atoms with Crippen LogP contribution >= 0.6 is 22.9 Å². The second-order valence-electron chi connectivity index (χ2n) is 5.28. The van der Waals surface area contributed by atoms with Crippen molar-refractivity contribution in [2.24, 2.45) is 0 Å². The molecule has 0 saturated carbocycles. The van der Waals surface area contributed by atoms with Gasteiger partial charge in [-0.2, -0.15) is 0 Å². The molecule has 0 saturated heterocycles. The van der Waals surface area contributed by atoms with Gasteiger partial charge in [-0.05, 0) is 37.1 Å². The molecule has 23 heavy (non-hydrogen) atoms. The minimum absolute atomic E-state index is 0.214. The molecule has 0 aliphatic rings. The first-order valence-corrected chi connectivity index (χ1v) is 8.05. The lowest BCUT2D eigenvalue weighted by Crippen LogP contribution is -2.12. The van der Waals surface area contributed by atoms with E-state index in [-0.39, 0.29) is 11.5 Å². The fraction of sp³-hybridized carbons (Fsp3) is 0.125. The van der Waals surface area contributed by atoms with Crippen molar-refractivity contribution in [2.75, 3.05) is 11.1 Å². The highest BCUT2D eigenvalue weighted by molar-refractivity contribution is 7.21. The molecule has 1 aromatic carbocycles. The van der Waals surface area contributed by atoms with E-state index in [2.05, 4.69) is 10.3 Å². The molecule has 0 aliphatic heterocycles. The number of pyridine rings is 1. The number of nitrogens with one attached hydrogen (secondary N) is 2. The van der Waals surface area contributed by atoms with Crippen molar-refractivity contribution in [1.82, 2.24) is 4.98 Å². The lowest BCUT2D eigenvalue weighted by molar-refractivity contribution is 0.103. The first kappa shape index (κ1) is 15.6. The Hall–Kier alpha value is -2.31. The molecule has 0 unspecified atom stereocenters. The molecule has 2 aromatic heterocycles. The predicted octanol–water partition coefficient (Wildman–Crippen LogP) is 3.69. The van der Waals surface area contributed by atoms with Crippen molar-refractivity contribution >= 4 is 50.4 Å². The van der Waals surface area contributed by atoms with Crippen molar-refractivity contribution in [3.8, 4) is 0 Å². The Bertz CT molecular complexity index is 991. The minimum atomic E-state index is -0.325. The average molecular weight is 348 g/mol. The molecule has 0 bridgehead atoms. The summed E-state index contributed by atoms with van der Waals surface area (Å²) in [4.78, 5) is 27.8. The van der Waals surface area contributed by atoms with E-state index in [0.29, 0.717) is 31.5 Å². The second-order valence-corrected chi connectivity index (χ2v) is 6.74. The zero-order valence-electron chi connectivity index (χ0n) is 12.5. The lowest BCUT2D eigenvalue weighted by atomic mass is 10.1. The Morgan fingerprint density at radius 3 is 2.74 bits per heavy atom. The Balaban J connectivity index is 2.05. The highest BCUT2D eigenvalue weighted by Gasteiger charge is 2.19. The number of nitrogen functional groups attached to an aromatic ring is 1. The predicted molar refractivity (Wildman–Crippen MR) is 95.7 cm³/mol. The number of carbonyl (C=O) groups excluding carboxylic acids is 1. The van der Waals surface area contributed by atoms with Gasteiger partial charge in [0, 0.05) is 22.2 Å². The largest absolute Gasteiger partial charge is 0.397 e. The van der Waals surface area contributed by atoms with Crippen LogP contribution in [0.25, 0.3) is 10.2 Å². The van der Waals surface area contributed by atoms with Crippen LogP contribution in [0.1, 0.15) is 20.8 Å². The molecule has 0 fully saturated rings. The molecule has 1 amide bonds. The summed E-state index contributed by atoms with van der Waals surface area (Å²) in [6, 6.07) is 6.74. The van der Waals surface area contributed by atoms with Gasteiger partial charge < -0.3 is 16.0 Å². The maximum absolute atomic E-state index is 12.5. The minimum Gasteiger partial charge on any atom is -0.397 e. The summed E-state index contributed by atoms with van der Waals surface area (Å²) in [5.41, 5.74) is 8.54. The van der Waals surface area contributed by atoms with Gasteiger partial charge in [0.1, 0.15) is 9.71 Å². The number of carbonyl (C=O) groups is 1. The third-order valence-corrected chi connectivity index (χ3v) is 4.93. The molecular formula is C16H14ClN3O2S. The number of aromatic amines is 1. The fourth-order valence-electron chi connectivity index (χ4n) is 2.42. The number of rotatable bonds is 2. The molecule has 3 rings (SSSR count). The lowest BCUT2D eigenvalue weighted by Gasteiger charge is -2.08. The number of fused-ring (bicyclic) bond motifs is 1. The molecule has 0 aliphatic carbocycles. The zero-order valence-corrected chi connectivity index (χ0v) is 14.1. The number of nitrogens with two attached hydrogens (primary N) is 1. The van der Waals surface area contributed by atoms with E-state index in [0.717, 1.165) is 22.5 Å². The van der Waals surface area contributed by atoms with Crippen molar-refractivity contribution in [3.63, 3.8) is 0 Å². The van der Waals surface area contributed by atoms with Crippen LogP contribution in [0.4, 0.5) is 11.4 Å². The molecule has 0 spiro atoms. The first-order valence-electron chi connectivity index (χ1n) is 6.86. The van der Waals surface area contributed by atoms with Gasteiger partial charge >= 0.3 is 0 Å². The molecule has 5 nitrogen and oxygen atoms in total. The number of aryl methyl sites for hydroxylation is 2. The zero-order chi connectivity index (χ0) is 16.7. The summed E-state index contributed by atoms with van der Waals surface area (Å²) >= 11 is 7.13. The molecule has 4 N–H and O–H groups in total. The van der Waals surface area contributed by atoms with Crippen LogP contribution in [0.3, 0.4) is 0 Å². The van der Waals surface area contributed by atoms with Crippen LogP contribution in [-0.2, 0) is 0 Å². The van der Waals surface area contributed by atoms with Crippen molar-refractivity contribution in [3.05, 3.63) is 55.6 Å². The number of hydrogen-bond acceptors (Lipinski definition) is 4. The Morgan fingerprint density at radius 2 is 2.00 bits per heavy atom. The molecular weight excluding hydrogens is 334 g/mol. The smallest absolute Gasteiger partial charge is 0.267 e. The SMILES string of the molecule is Cc1ccc(Cl)cc1NC(=O)c1sc2[nH]c(=O)cc(C)c2c1N. The quantitative estimate of drug-likeness (QED) is 0.660. The van der Waals surface area contributed by atoms with Crippen LogP contribution in [0.15, 0.2) is 29.1 Å². The molecule has 0 atom stereocenters. The van der Waals surface area contributed by atoms with Gasteiger partial charge in [-0.1, -0.05) is 17.7 Å². The van der Waals surface area contributed by atoms with Gasteiger partial charge in [0.2, 0.25) is 5.56 Å². The van der Waals surface area contributed by atoms with Crippen LogP contribution in [0, 0.1) is 13.8 Å². The van der Waals surface area contributed by atoms with E-state index in [1.807, 2.05) is 13.0 Å². The van der Waals surface area contributed by atoms with E-state index < -0.39 is 0 Å². The number of benzene rings is 1. The Morgan fingerprint density at radius 1 is 1.26 bits per heavy atom. The van der Waals surface area contributed by atoms with Crippen LogP contribution in [-0.4, -0.2) is 10.9 Å². The van der Waals surface area contributed by atoms with Gasteiger partial charge in [-0.25, -0.2) is 0 Å². The van der Waals surface area contributed by atoms with Crippen molar-refractivity contribution in [2.45, 2.75) is 13.8 Å². The summed E-state index contributed by atoms with van der Waals surface area (Å²) < 4.78 is 0. The number of aromatic nitrogens is 1. The highest BCUT2D eigenvalue weighted by atomic mass is 35.5. The Kier molecular flexibility index (Phi) is 3.87. The maximum Gasteiger partial charge on any atom is 0.267 e. The summed E-state index contributed by atoms with van der Waals surface area (Å²) in [7, 11) is 0. The molecule has 0 radical (unpaired) electrons. The van der Waals surface area contributed by atoms with Crippen LogP contribution < -0.4 is 16.6 Å². The summed E-state index contributed by atoms with van der Waals surface area (Å²) in [5.74, 6) is -0.325. The number of amides is 1. The topological polar surface area (TPSA) is 88.0 Å². The number of anilines is 2. The van der Waals surface area contributed by atoms with E-state index >= 15 is 0 Å². The van der Waals surface area contributed by atoms with E-state index in [1.165, 1.54) is 6.07 Å². The van der Waals surface area contributed by atoms with Crippen LogP contribution in [0.2, 0.25) is 5.02 Å². The van der Waals surface area contributed by atoms with Crippen molar-refractivity contribution < 1.29 is 4.79 Å². The summed E-state index contributed by atoms with van der Waals surface area (Å²) in [6.45, 7) is 3.67. The monoisotopic (exact) mass is 347 g/mol. The normalized spacial score (nSPS) is 10.9. The van der Waals surface area contributed by atoms with Gasteiger partial charge in [0.25, 0.3) is 5.91 Å². The third kappa shape index (κ3) is 2.83. The number of thiophene rings is 1. The number of halogens is 1. The highest BCUT2D eigenvalue weighted by Crippen LogP contribution is 2.34. The van der Waals surface area contributed by atoms with Crippen LogP contribution in [0.5, 0.6) is 0 Å². The van der Waals surface area contributed by atoms with Crippen molar-refractivity contribution in [1.29, 1.82) is 0 Å². The first-order chi connectivity index (χ1) is 10.9. The maximum atomic E-state index is 12.5. The molecule has 3 aromatic rings. The standard InChI is InChI=1S/C16H14ClN3O2S/c1-7-3-4-9(17)6-10(7)19-15(22)14-13(18)12-8(2)5-11(21)20-16(12)23-14/h3-6H,18H2,1-2H3,(H,19,22)(H,20,21). The summed E-state index contributed by atoms with van der Waals surface area (Å²) in [6.07, 6.45) is 0. The Labute approximate surface area is 141 Å². The van der Waals surface area contributed by atoms with Gasteiger partial charge in [-0.3, -0.25) is 9.59 Å². The van der Waals surface area contributed by atoms with E-state index in [9.17, 15) is 9.59 Å². The molecule has 118 valence electrons. The number of hydrogen-bond donors (Lipinski definition) is 3. The number of H-pyrrole nitrogens is 1. The molecule has 7 heteroatoms. The average Bonchev–Trinajstić information content (AvgIpc) is 2.80. The fourth-order valence-corrected chi connectivity index (χ4v) is 3.67. The van der Waals surface area contributed by atoms with E-state index in [1.54, 1.807) is 19.1 Å². The second kappa shape index (κ2) is 5.72. The molecule has 2 heterocycles. The van der Waals surface area contributed by atoms with Gasteiger partial charge in [0.15, 0.2) is 0 Å². The van der Waals surface area contributed by atoms with Gasteiger partial charge in [0.05, 0.1) is 5.69 Å². The third-order valence-electron chi connectivity index (χ3n) is 3.58. The van der Waals surface area contributed by atoms with E-state index in [4.69, 9.17) is 17.3 Å². The van der Waals surface area contributed by atoms with Gasteiger partial charge in [-0.15, -0.1) is 11.3 Å². The summed E-state index contributed by atoms with van der Waals surface area (Å²) in [5, 5.41) is 4.07.